The molecule has 0 atom stereocenters. The molecule has 0 aliphatic carbocycles. The van der Waals surface area contributed by atoms with Gasteiger partial charge in [-0.2, -0.15) is 0 Å². The second-order valence-electron chi connectivity index (χ2n) is 6.21. The zero-order valence-electron chi connectivity index (χ0n) is 17.1. The summed E-state index contributed by atoms with van der Waals surface area (Å²) in [6.45, 7) is 5.85. The van der Waals surface area contributed by atoms with Crippen molar-refractivity contribution in [3.8, 4) is 11.5 Å². The number of amides is 1. The summed E-state index contributed by atoms with van der Waals surface area (Å²) in [5.41, 5.74) is 3.02. The Morgan fingerprint density at radius 1 is 1.07 bits per heavy atom. The van der Waals surface area contributed by atoms with Gasteiger partial charge in [-0.3, -0.25) is 4.79 Å². The van der Waals surface area contributed by atoms with E-state index >= 15 is 0 Å². The number of esters is 1. The molecule has 0 aliphatic heterocycles. The lowest BCUT2D eigenvalue weighted by Gasteiger charge is -2.15. The van der Waals surface area contributed by atoms with Crippen LogP contribution in [0, 0.1) is 0 Å². The third-order valence-electron chi connectivity index (χ3n) is 4.35. The molecule has 2 aromatic carbocycles. The molecule has 0 fully saturated rings. The molecule has 1 N–H and O–H groups in total. The van der Waals surface area contributed by atoms with Crippen molar-refractivity contribution in [2.24, 2.45) is 0 Å². The van der Waals surface area contributed by atoms with E-state index in [1.807, 2.05) is 39.0 Å². The molecular formula is C22H26ClNO5. The van der Waals surface area contributed by atoms with Crippen molar-refractivity contribution in [3.63, 3.8) is 0 Å². The SMILES string of the molecule is CCOc1c(Cl)cc(C(=O)OCC(=O)Nc2c(CC)cccc2CC)cc1OC. The molecule has 0 heterocycles. The highest BCUT2D eigenvalue weighted by Gasteiger charge is 2.18. The van der Waals surface area contributed by atoms with Crippen LogP contribution in [0.5, 0.6) is 11.5 Å². The monoisotopic (exact) mass is 419 g/mol. The van der Waals surface area contributed by atoms with Gasteiger partial charge in [-0.25, -0.2) is 4.79 Å². The van der Waals surface area contributed by atoms with E-state index < -0.39 is 18.5 Å². The molecule has 156 valence electrons. The molecule has 7 heteroatoms. The van der Waals surface area contributed by atoms with Crippen molar-refractivity contribution >= 4 is 29.2 Å². The number of hydrogen-bond donors (Lipinski definition) is 1. The van der Waals surface area contributed by atoms with Crippen LogP contribution in [-0.2, 0) is 22.4 Å². The molecule has 0 aliphatic rings. The number of carbonyl (C=O) groups is 2. The fourth-order valence-corrected chi connectivity index (χ4v) is 3.18. The molecule has 29 heavy (non-hydrogen) atoms. The Morgan fingerprint density at radius 3 is 2.28 bits per heavy atom. The van der Waals surface area contributed by atoms with E-state index in [0.717, 1.165) is 29.7 Å². The Balaban J connectivity index is 2.08. The summed E-state index contributed by atoms with van der Waals surface area (Å²) in [6, 6.07) is 8.80. The zero-order valence-corrected chi connectivity index (χ0v) is 17.9. The molecule has 1 amide bonds. The molecule has 0 unspecified atom stereocenters. The van der Waals surface area contributed by atoms with Crippen molar-refractivity contribution in [1.82, 2.24) is 0 Å². The number of anilines is 1. The van der Waals surface area contributed by atoms with Gasteiger partial charge in [0.05, 0.1) is 24.3 Å². The van der Waals surface area contributed by atoms with Crippen LogP contribution in [0.3, 0.4) is 0 Å². The quantitative estimate of drug-likeness (QED) is 0.598. The van der Waals surface area contributed by atoms with Gasteiger partial charge in [0, 0.05) is 5.69 Å². The Hall–Kier alpha value is -2.73. The predicted octanol–water partition coefficient (Wildman–Crippen LogP) is 4.67. The first-order valence-electron chi connectivity index (χ1n) is 9.53. The van der Waals surface area contributed by atoms with Gasteiger partial charge >= 0.3 is 5.97 Å². The van der Waals surface area contributed by atoms with E-state index in [1.165, 1.54) is 19.2 Å². The Kier molecular flexibility index (Phi) is 8.34. The molecule has 2 aromatic rings. The average molecular weight is 420 g/mol. The molecule has 0 bridgehead atoms. The number of nitrogens with one attached hydrogen (secondary N) is 1. The number of para-hydroxylation sites is 1. The van der Waals surface area contributed by atoms with Crippen LogP contribution in [0.2, 0.25) is 5.02 Å². The molecular weight excluding hydrogens is 394 g/mol. The van der Waals surface area contributed by atoms with Gasteiger partial charge in [0.1, 0.15) is 0 Å². The predicted molar refractivity (Wildman–Crippen MR) is 113 cm³/mol. The number of halogens is 1. The van der Waals surface area contributed by atoms with E-state index in [2.05, 4.69) is 5.32 Å². The van der Waals surface area contributed by atoms with E-state index in [0.29, 0.717) is 18.1 Å². The number of aryl methyl sites for hydroxylation is 2. The summed E-state index contributed by atoms with van der Waals surface area (Å²) in [6.07, 6.45) is 1.57. The minimum absolute atomic E-state index is 0.173. The molecule has 0 spiro atoms. The topological polar surface area (TPSA) is 73.9 Å². The first-order valence-corrected chi connectivity index (χ1v) is 9.90. The maximum atomic E-state index is 12.4. The third kappa shape index (κ3) is 5.64. The summed E-state index contributed by atoms with van der Waals surface area (Å²) in [4.78, 5) is 24.7. The molecule has 0 radical (unpaired) electrons. The van der Waals surface area contributed by atoms with Gasteiger partial charge in [-0.1, -0.05) is 43.6 Å². The van der Waals surface area contributed by atoms with Crippen molar-refractivity contribution in [3.05, 3.63) is 52.0 Å². The second-order valence-corrected chi connectivity index (χ2v) is 6.61. The van der Waals surface area contributed by atoms with E-state index in [1.54, 1.807) is 0 Å². The van der Waals surface area contributed by atoms with E-state index in [4.69, 9.17) is 25.8 Å². The number of ether oxygens (including phenoxy) is 3. The second kappa shape index (κ2) is 10.7. The van der Waals surface area contributed by atoms with Crippen molar-refractivity contribution in [1.29, 1.82) is 0 Å². The van der Waals surface area contributed by atoms with Crippen LogP contribution in [0.15, 0.2) is 30.3 Å². The fourth-order valence-electron chi connectivity index (χ4n) is 2.92. The first-order chi connectivity index (χ1) is 13.9. The van der Waals surface area contributed by atoms with Crippen LogP contribution in [-0.4, -0.2) is 32.2 Å². The summed E-state index contributed by atoms with van der Waals surface area (Å²) < 4.78 is 15.8. The number of carbonyl (C=O) groups excluding carboxylic acids is 2. The lowest BCUT2D eigenvalue weighted by atomic mass is 10.0. The third-order valence-corrected chi connectivity index (χ3v) is 4.63. The largest absolute Gasteiger partial charge is 0.493 e. The van der Waals surface area contributed by atoms with Crippen LogP contribution in [0.1, 0.15) is 42.3 Å². The molecule has 0 saturated carbocycles. The van der Waals surface area contributed by atoms with Crippen LogP contribution >= 0.6 is 11.6 Å². The highest BCUT2D eigenvalue weighted by molar-refractivity contribution is 6.32. The fraction of sp³-hybridized carbons (Fsp3) is 0.364. The van der Waals surface area contributed by atoms with Gasteiger partial charge in [-0.15, -0.1) is 0 Å². The molecule has 6 nitrogen and oxygen atoms in total. The van der Waals surface area contributed by atoms with Crippen molar-refractivity contribution in [2.75, 3.05) is 25.6 Å². The number of hydrogen-bond acceptors (Lipinski definition) is 5. The molecule has 0 aromatic heterocycles. The standard InChI is InChI=1S/C22H26ClNO5/c1-5-14-9-8-10-15(6-2)20(14)24-19(25)13-29-22(26)16-11-17(23)21(28-7-3)18(12-16)27-4/h8-12H,5-7,13H2,1-4H3,(H,24,25). The average Bonchev–Trinajstić information content (AvgIpc) is 2.73. The Morgan fingerprint density at radius 2 is 1.72 bits per heavy atom. The lowest BCUT2D eigenvalue weighted by Crippen LogP contribution is -2.22. The van der Waals surface area contributed by atoms with E-state index in [-0.39, 0.29) is 10.6 Å². The van der Waals surface area contributed by atoms with Crippen molar-refractivity contribution in [2.45, 2.75) is 33.6 Å². The number of benzene rings is 2. The summed E-state index contributed by atoms with van der Waals surface area (Å²) in [5.74, 6) is -0.407. The molecule has 2 rings (SSSR count). The summed E-state index contributed by atoms with van der Waals surface area (Å²) in [7, 11) is 1.45. The zero-order chi connectivity index (χ0) is 21.4. The highest BCUT2D eigenvalue weighted by Crippen LogP contribution is 2.36. The number of methoxy groups -OCH3 is 1. The maximum Gasteiger partial charge on any atom is 0.338 e. The van der Waals surface area contributed by atoms with Crippen LogP contribution in [0.25, 0.3) is 0 Å². The van der Waals surface area contributed by atoms with Crippen LogP contribution < -0.4 is 14.8 Å². The van der Waals surface area contributed by atoms with Gasteiger partial charge < -0.3 is 19.5 Å². The summed E-state index contributed by atoms with van der Waals surface area (Å²) >= 11 is 6.18. The minimum Gasteiger partial charge on any atom is -0.493 e. The molecule has 0 saturated heterocycles. The minimum atomic E-state index is -0.678. The lowest BCUT2D eigenvalue weighted by molar-refractivity contribution is -0.119. The van der Waals surface area contributed by atoms with Gasteiger partial charge in [0.25, 0.3) is 5.91 Å². The van der Waals surface area contributed by atoms with Crippen molar-refractivity contribution < 1.29 is 23.8 Å². The van der Waals surface area contributed by atoms with E-state index in [9.17, 15) is 9.59 Å². The van der Waals surface area contributed by atoms with Gasteiger partial charge in [0.2, 0.25) is 0 Å². The van der Waals surface area contributed by atoms with Crippen LogP contribution in [0.4, 0.5) is 5.69 Å². The smallest absolute Gasteiger partial charge is 0.338 e. The van der Waals surface area contributed by atoms with Gasteiger partial charge in [-0.05, 0) is 43.0 Å². The normalized spacial score (nSPS) is 10.4. The Bertz CT molecular complexity index is 859. The van der Waals surface area contributed by atoms with Gasteiger partial charge in [0.15, 0.2) is 18.1 Å². The Labute approximate surface area is 176 Å². The number of rotatable bonds is 9. The summed E-state index contributed by atoms with van der Waals surface area (Å²) in [5, 5.41) is 3.09. The maximum absolute atomic E-state index is 12.4. The highest BCUT2D eigenvalue weighted by atomic mass is 35.5. The first kappa shape index (κ1) is 22.6.